The van der Waals surface area contributed by atoms with Gasteiger partial charge in [-0.25, -0.2) is 9.97 Å². The lowest BCUT2D eigenvalue weighted by atomic mass is 10.2. The second-order valence-electron chi connectivity index (χ2n) is 6.52. The van der Waals surface area contributed by atoms with Crippen molar-refractivity contribution in [3.05, 3.63) is 48.5 Å². The second kappa shape index (κ2) is 8.06. The van der Waals surface area contributed by atoms with Crippen molar-refractivity contribution in [2.45, 2.75) is 11.8 Å². The predicted molar refractivity (Wildman–Crippen MR) is 113 cm³/mol. The molecule has 144 valence electrons. The molecule has 1 aliphatic rings. The first kappa shape index (κ1) is 18.6. The number of ether oxygens (including phenoxy) is 1. The Morgan fingerprint density at radius 1 is 1.04 bits per heavy atom. The number of carbonyl (C=O) groups is 1. The zero-order valence-corrected chi connectivity index (χ0v) is 16.8. The third-order valence-corrected chi connectivity index (χ3v) is 5.61. The minimum atomic E-state index is 0.0396. The van der Waals surface area contributed by atoms with E-state index in [0.717, 1.165) is 34.0 Å². The summed E-state index contributed by atoms with van der Waals surface area (Å²) in [6, 6.07) is 15.6. The van der Waals surface area contributed by atoms with Crippen molar-refractivity contribution in [1.82, 2.24) is 9.97 Å². The van der Waals surface area contributed by atoms with Crippen LogP contribution in [0.5, 0.6) is 5.75 Å². The smallest absolute Gasteiger partial charge is 0.238 e. The van der Waals surface area contributed by atoms with Crippen molar-refractivity contribution >= 4 is 40.3 Å². The van der Waals surface area contributed by atoms with E-state index in [9.17, 15) is 4.79 Å². The Morgan fingerprint density at radius 3 is 2.39 bits per heavy atom. The highest BCUT2D eigenvalue weighted by Crippen LogP contribution is 2.31. The van der Waals surface area contributed by atoms with E-state index in [0.29, 0.717) is 24.7 Å². The highest BCUT2D eigenvalue weighted by atomic mass is 32.2. The van der Waals surface area contributed by atoms with Gasteiger partial charge in [-0.2, -0.15) is 0 Å². The first-order valence-electron chi connectivity index (χ1n) is 9.29. The van der Waals surface area contributed by atoms with Crippen LogP contribution < -0.4 is 14.5 Å². The summed E-state index contributed by atoms with van der Waals surface area (Å²) in [5.41, 5.74) is 1.64. The molecule has 0 fully saturated rings. The van der Waals surface area contributed by atoms with E-state index in [-0.39, 0.29) is 5.91 Å². The SMILES string of the molecule is CCOc1ccc(SCC(=O)N2CCN(C)c3nc4ccccc4nc32)cc1. The summed E-state index contributed by atoms with van der Waals surface area (Å²) >= 11 is 1.52. The van der Waals surface area contributed by atoms with Crippen LogP contribution in [0.1, 0.15) is 6.92 Å². The maximum atomic E-state index is 12.9. The lowest BCUT2D eigenvalue weighted by Gasteiger charge is -2.33. The van der Waals surface area contributed by atoms with Crippen molar-refractivity contribution in [3.63, 3.8) is 0 Å². The molecular weight excluding hydrogens is 372 g/mol. The molecule has 0 radical (unpaired) electrons. The molecule has 3 aromatic rings. The van der Waals surface area contributed by atoms with Gasteiger partial charge in [-0.1, -0.05) is 12.1 Å². The van der Waals surface area contributed by atoms with Crippen molar-refractivity contribution in [2.75, 3.05) is 42.3 Å². The summed E-state index contributed by atoms with van der Waals surface area (Å²) in [6.07, 6.45) is 0. The Hall–Kier alpha value is -2.80. The van der Waals surface area contributed by atoms with Gasteiger partial charge in [0, 0.05) is 25.0 Å². The van der Waals surface area contributed by atoms with Gasteiger partial charge in [0.25, 0.3) is 0 Å². The van der Waals surface area contributed by atoms with Gasteiger partial charge in [0.1, 0.15) is 5.75 Å². The Labute approximate surface area is 168 Å². The number of aromatic nitrogens is 2. The number of rotatable bonds is 5. The van der Waals surface area contributed by atoms with Gasteiger partial charge in [-0.15, -0.1) is 11.8 Å². The van der Waals surface area contributed by atoms with Gasteiger partial charge in [0.05, 0.1) is 23.4 Å². The van der Waals surface area contributed by atoms with Crippen LogP contribution in [0.2, 0.25) is 0 Å². The zero-order chi connectivity index (χ0) is 19.5. The quantitative estimate of drug-likeness (QED) is 0.616. The summed E-state index contributed by atoms with van der Waals surface area (Å²) in [5, 5.41) is 0. The molecule has 4 rings (SSSR count). The molecule has 0 aliphatic carbocycles. The molecule has 0 bridgehead atoms. The van der Waals surface area contributed by atoms with Crippen LogP contribution in [0.25, 0.3) is 11.0 Å². The number of hydrogen-bond donors (Lipinski definition) is 0. The highest BCUT2D eigenvalue weighted by Gasteiger charge is 2.28. The van der Waals surface area contributed by atoms with Gasteiger partial charge in [-0.05, 0) is 43.3 Å². The normalized spacial score (nSPS) is 13.5. The van der Waals surface area contributed by atoms with Crippen LogP contribution in [0.4, 0.5) is 11.6 Å². The third kappa shape index (κ3) is 3.75. The summed E-state index contributed by atoms with van der Waals surface area (Å²) in [7, 11) is 1.98. The lowest BCUT2D eigenvalue weighted by molar-refractivity contribution is -0.116. The number of nitrogens with zero attached hydrogens (tertiary/aromatic N) is 4. The standard InChI is InChI=1S/C21H22N4O2S/c1-3-27-15-8-10-16(11-9-15)28-14-19(26)25-13-12-24(2)20-21(25)23-18-7-5-4-6-17(18)22-20/h4-11H,3,12-14H2,1-2H3. The number of fused-ring (bicyclic) bond motifs is 2. The van der Waals surface area contributed by atoms with Crippen LogP contribution in [0.15, 0.2) is 53.4 Å². The van der Waals surface area contributed by atoms with Gasteiger partial charge < -0.3 is 9.64 Å². The Balaban J connectivity index is 1.52. The van der Waals surface area contributed by atoms with Crippen LogP contribution in [-0.4, -0.2) is 48.4 Å². The topological polar surface area (TPSA) is 58.6 Å². The van der Waals surface area contributed by atoms with E-state index >= 15 is 0 Å². The summed E-state index contributed by atoms with van der Waals surface area (Å²) in [5.74, 6) is 2.63. The maximum absolute atomic E-state index is 12.9. The molecule has 0 atom stereocenters. The third-order valence-electron chi connectivity index (χ3n) is 4.61. The number of carbonyl (C=O) groups excluding carboxylic acids is 1. The zero-order valence-electron chi connectivity index (χ0n) is 16.0. The molecular formula is C21H22N4O2S. The second-order valence-corrected chi connectivity index (χ2v) is 7.57. The fourth-order valence-electron chi connectivity index (χ4n) is 3.14. The van der Waals surface area contributed by atoms with Crippen LogP contribution >= 0.6 is 11.8 Å². The Morgan fingerprint density at radius 2 is 1.71 bits per heavy atom. The van der Waals surface area contributed by atoms with E-state index in [1.165, 1.54) is 11.8 Å². The molecule has 7 heteroatoms. The molecule has 1 aliphatic heterocycles. The molecule has 1 amide bonds. The van der Waals surface area contributed by atoms with Crippen molar-refractivity contribution in [1.29, 1.82) is 0 Å². The molecule has 0 spiro atoms. The number of amides is 1. The number of thioether (sulfide) groups is 1. The number of anilines is 2. The van der Waals surface area contributed by atoms with Gasteiger partial charge in [0.15, 0.2) is 11.6 Å². The summed E-state index contributed by atoms with van der Waals surface area (Å²) < 4.78 is 5.46. The van der Waals surface area contributed by atoms with Crippen molar-refractivity contribution in [2.24, 2.45) is 0 Å². The predicted octanol–water partition coefficient (Wildman–Crippen LogP) is 3.60. The van der Waals surface area contributed by atoms with E-state index < -0.39 is 0 Å². The maximum Gasteiger partial charge on any atom is 0.238 e. The van der Waals surface area contributed by atoms with Crippen molar-refractivity contribution in [3.8, 4) is 5.75 Å². The lowest BCUT2D eigenvalue weighted by Crippen LogP contribution is -2.44. The summed E-state index contributed by atoms with van der Waals surface area (Å²) in [6.45, 7) is 3.95. The average molecular weight is 395 g/mol. The first-order valence-corrected chi connectivity index (χ1v) is 10.3. The van der Waals surface area contributed by atoms with E-state index in [4.69, 9.17) is 14.7 Å². The van der Waals surface area contributed by atoms with Gasteiger partial charge in [-0.3, -0.25) is 9.69 Å². The molecule has 6 nitrogen and oxygen atoms in total. The van der Waals surface area contributed by atoms with E-state index in [1.807, 2.05) is 62.5 Å². The molecule has 0 unspecified atom stereocenters. The fraction of sp³-hybridized carbons (Fsp3) is 0.286. The van der Waals surface area contributed by atoms with E-state index in [2.05, 4.69) is 4.90 Å². The van der Waals surface area contributed by atoms with Crippen molar-refractivity contribution < 1.29 is 9.53 Å². The van der Waals surface area contributed by atoms with Gasteiger partial charge in [0.2, 0.25) is 5.91 Å². The van der Waals surface area contributed by atoms with Crippen LogP contribution in [0.3, 0.4) is 0 Å². The van der Waals surface area contributed by atoms with Crippen LogP contribution in [0, 0.1) is 0 Å². The average Bonchev–Trinajstić information content (AvgIpc) is 2.72. The van der Waals surface area contributed by atoms with Crippen LogP contribution in [-0.2, 0) is 4.79 Å². The monoisotopic (exact) mass is 394 g/mol. The first-order chi connectivity index (χ1) is 13.7. The van der Waals surface area contributed by atoms with E-state index in [1.54, 1.807) is 4.90 Å². The Kier molecular flexibility index (Phi) is 5.34. The molecule has 0 saturated heterocycles. The molecule has 2 aromatic carbocycles. The number of hydrogen-bond acceptors (Lipinski definition) is 6. The van der Waals surface area contributed by atoms with Gasteiger partial charge >= 0.3 is 0 Å². The summed E-state index contributed by atoms with van der Waals surface area (Å²) in [4.78, 5) is 27.2. The minimum Gasteiger partial charge on any atom is -0.494 e. The fourth-order valence-corrected chi connectivity index (χ4v) is 3.92. The highest BCUT2D eigenvalue weighted by molar-refractivity contribution is 8.00. The minimum absolute atomic E-state index is 0.0396. The molecule has 0 saturated carbocycles. The number of benzene rings is 2. The molecule has 0 N–H and O–H groups in total. The molecule has 28 heavy (non-hydrogen) atoms. The Bertz CT molecular complexity index is 993. The molecule has 1 aromatic heterocycles. The molecule has 2 heterocycles. The number of likely N-dealkylation sites (N-methyl/N-ethyl adjacent to an activating group) is 1. The number of para-hydroxylation sites is 2. The largest absolute Gasteiger partial charge is 0.494 e.